The molecule has 2 heterocycles. The van der Waals surface area contributed by atoms with E-state index in [0.717, 1.165) is 34.4 Å². The zero-order valence-corrected chi connectivity index (χ0v) is 22.7. The van der Waals surface area contributed by atoms with Gasteiger partial charge in [-0.15, -0.1) is 0 Å². The van der Waals surface area contributed by atoms with Crippen molar-refractivity contribution in [2.75, 3.05) is 18.1 Å². The molecule has 1 aliphatic rings. The van der Waals surface area contributed by atoms with Crippen LogP contribution >= 0.6 is 0 Å². The number of carbonyl (C=O) groups is 1. The number of pyridine rings is 1. The average molecular weight is 533 g/mol. The summed E-state index contributed by atoms with van der Waals surface area (Å²) in [5, 5.41) is 22.2. The van der Waals surface area contributed by atoms with E-state index >= 15 is 0 Å². The SMILES string of the molecule is CC(C)(CO)NCc1ccc(C(=O)N2CCc3c(-c4ccccc4)cccc32)cc1OCc1cncc(C#N)c1. The van der Waals surface area contributed by atoms with Gasteiger partial charge >= 0.3 is 0 Å². The summed E-state index contributed by atoms with van der Waals surface area (Å²) in [6.07, 6.45) is 3.95. The van der Waals surface area contributed by atoms with E-state index in [0.29, 0.717) is 30.0 Å². The van der Waals surface area contributed by atoms with Crippen molar-refractivity contribution in [1.29, 1.82) is 5.26 Å². The van der Waals surface area contributed by atoms with Gasteiger partial charge in [0, 0.05) is 53.4 Å². The van der Waals surface area contributed by atoms with Crippen LogP contribution in [0, 0.1) is 11.3 Å². The Hall–Kier alpha value is -4.51. The van der Waals surface area contributed by atoms with Gasteiger partial charge in [-0.1, -0.05) is 48.5 Å². The number of anilines is 1. The molecule has 1 aliphatic heterocycles. The smallest absolute Gasteiger partial charge is 0.258 e. The van der Waals surface area contributed by atoms with Crippen LogP contribution in [0.1, 0.15) is 46.5 Å². The first-order valence-electron chi connectivity index (χ1n) is 13.3. The summed E-state index contributed by atoms with van der Waals surface area (Å²) in [5.74, 6) is 0.476. The Morgan fingerprint density at radius 3 is 2.70 bits per heavy atom. The Balaban J connectivity index is 1.43. The summed E-state index contributed by atoms with van der Waals surface area (Å²) in [7, 11) is 0. The number of ether oxygens (including phenoxy) is 1. The van der Waals surface area contributed by atoms with Crippen LogP contribution in [0.5, 0.6) is 5.75 Å². The molecule has 3 aromatic carbocycles. The standard InChI is InChI=1S/C33H32N4O3/c1-33(2,22-38)36-20-27-12-11-26(16-31(27)40-21-24-15-23(17-34)18-35-19-24)32(39)37-14-13-29-28(9-6-10-30(29)37)25-7-4-3-5-8-25/h3-12,15-16,18-19,36,38H,13-14,20-22H2,1-2H3. The molecule has 0 spiro atoms. The summed E-state index contributed by atoms with van der Waals surface area (Å²) in [6, 6.07) is 25.7. The maximum atomic E-state index is 13.8. The van der Waals surface area contributed by atoms with E-state index in [1.54, 1.807) is 18.3 Å². The molecule has 0 aliphatic carbocycles. The predicted molar refractivity (Wildman–Crippen MR) is 155 cm³/mol. The van der Waals surface area contributed by atoms with Gasteiger partial charge in [0.05, 0.1) is 12.2 Å². The lowest BCUT2D eigenvalue weighted by Gasteiger charge is -2.25. The van der Waals surface area contributed by atoms with E-state index in [9.17, 15) is 15.2 Å². The molecular weight excluding hydrogens is 500 g/mol. The number of carbonyl (C=O) groups excluding carboxylic acids is 1. The van der Waals surface area contributed by atoms with E-state index in [2.05, 4.69) is 34.6 Å². The van der Waals surface area contributed by atoms with E-state index in [4.69, 9.17) is 4.74 Å². The highest BCUT2D eigenvalue weighted by molar-refractivity contribution is 6.08. The summed E-state index contributed by atoms with van der Waals surface area (Å²) >= 11 is 0. The fourth-order valence-corrected chi connectivity index (χ4v) is 4.84. The molecule has 1 amide bonds. The van der Waals surface area contributed by atoms with Crippen LogP contribution in [-0.4, -0.2) is 34.7 Å². The molecule has 5 rings (SSSR count). The number of nitriles is 1. The van der Waals surface area contributed by atoms with Crippen LogP contribution < -0.4 is 15.0 Å². The lowest BCUT2D eigenvalue weighted by Crippen LogP contribution is -2.42. The number of hydrogen-bond donors (Lipinski definition) is 2. The zero-order valence-electron chi connectivity index (χ0n) is 22.7. The van der Waals surface area contributed by atoms with Crippen LogP contribution in [0.3, 0.4) is 0 Å². The number of nitrogens with one attached hydrogen (secondary N) is 1. The molecule has 0 radical (unpaired) electrons. The lowest BCUT2D eigenvalue weighted by atomic mass is 9.98. The number of nitrogens with zero attached hydrogens (tertiary/aromatic N) is 3. The molecule has 0 saturated carbocycles. The van der Waals surface area contributed by atoms with Gasteiger partial charge in [-0.05, 0) is 61.2 Å². The second kappa shape index (κ2) is 11.7. The van der Waals surface area contributed by atoms with Crippen molar-refractivity contribution >= 4 is 11.6 Å². The number of amides is 1. The van der Waals surface area contributed by atoms with Gasteiger partial charge in [0.15, 0.2) is 0 Å². The molecule has 202 valence electrons. The maximum Gasteiger partial charge on any atom is 0.258 e. The molecule has 0 unspecified atom stereocenters. The molecule has 7 heteroatoms. The third-order valence-corrected chi connectivity index (χ3v) is 7.14. The number of rotatable bonds is 9. The predicted octanol–water partition coefficient (Wildman–Crippen LogP) is 5.26. The summed E-state index contributed by atoms with van der Waals surface area (Å²) in [4.78, 5) is 19.8. The minimum atomic E-state index is -0.480. The quantitative estimate of drug-likeness (QED) is 0.305. The molecular formula is C33H32N4O3. The third kappa shape index (κ3) is 5.89. The number of fused-ring (bicyclic) bond motifs is 1. The van der Waals surface area contributed by atoms with Crippen molar-refractivity contribution in [3.8, 4) is 22.9 Å². The van der Waals surface area contributed by atoms with Crippen LogP contribution in [0.4, 0.5) is 5.69 Å². The highest BCUT2D eigenvalue weighted by atomic mass is 16.5. The first-order valence-corrected chi connectivity index (χ1v) is 13.3. The second-order valence-electron chi connectivity index (χ2n) is 10.6. The van der Waals surface area contributed by atoms with Gasteiger partial charge in [-0.2, -0.15) is 5.26 Å². The topological polar surface area (TPSA) is 98.5 Å². The van der Waals surface area contributed by atoms with Gasteiger partial charge in [-0.3, -0.25) is 9.78 Å². The number of hydrogen-bond acceptors (Lipinski definition) is 6. The Morgan fingerprint density at radius 1 is 1.10 bits per heavy atom. The van der Waals surface area contributed by atoms with Crippen molar-refractivity contribution in [2.24, 2.45) is 0 Å². The molecule has 0 saturated heterocycles. The van der Waals surface area contributed by atoms with E-state index in [1.165, 1.54) is 11.8 Å². The summed E-state index contributed by atoms with van der Waals surface area (Å²) in [5.41, 5.74) is 6.52. The normalized spacial score (nSPS) is 12.6. The van der Waals surface area contributed by atoms with Crippen LogP contribution in [0.15, 0.2) is 85.2 Å². The van der Waals surface area contributed by atoms with Crippen molar-refractivity contribution in [3.05, 3.63) is 113 Å². The molecule has 4 aromatic rings. The van der Waals surface area contributed by atoms with Gasteiger partial charge in [-0.25, -0.2) is 0 Å². The Labute approximate surface area is 234 Å². The van der Waals surface area contributed by atoms with Crippen molar-refractivity contribution in [1.82, 2.24) is 10.3 Å². The Morgan fingerprint density at radius 2 is 1.93 bits per heavy atom. The molecule has 0 bridgehead atoms. The van der Waals surface area contributed by atoms with Crippen LogP contribution in [-0.2, 0) is 19.6 Å². The minimum absolute atomic E-state index is 0.0221. The van der Waals surface area contributed by atoms with Crippen LogP contribution in [0.25, 0.3) is 11.1 Å². The minimum Gasteiger partial charge on any atom is -0.488 e. The highest BCUT2D eigenvalue weighted by Crippen LogP contribution is 2.37. The van der Waals surface area contributed by atoms with Gasteiger partial charge in [0.2, 0.25) is 0 Å². The number of benzene rings is 3. The van der Waals surface area contributed by atoms with Crippen molar-refractivity contribution < 1.29 is 14.6 Å². The zero-order chi connectivity index (χ0) is 28.1. The number of aromatic nitrogens is 1. The molecule has 40 heavy (non-hydrogen) atoms. The second-order valence-corrected chi connectivity index (χ2v) is 10.6. The average Bonchev–Trinajstić information content (AvgIpc) is 3.44. The van der Waals surface area contributed by atoms with Crippen molar-refractivity contribution in [2.45, 2.75) is 39.0 Å². The van der Waals surface area contributed by atoms with E-state index in [1.807, 2.05) is 61.2 Å². The fourth-order valence-electron chi connectivity index (χ4n) is 4.84. The fraction of sp³-hybridized carbons (Fsp3) is 0.242. The molecule has 7 nitrogen and oxygen atoms in total. The van der Waals surface area contributed by atoms with Crippen molar-refractivity contribution in [3.63, 3.8) is 0 Å². The highest BCUT2D eigenvalue weighted by Gasteiger charge is 2.28. The number of aliphatic hydroxyl groups is 1. The van der Waals surface area contributed by atoms with E-state index in [-0.39, 0.29) is 19.1 Å². The maximum absolute atomic E-state index is 13.8. The van der Waals surface area contributed by atoms with Gasteiger partial charge in [0.25, 0.3) is 5.91 Å². The Bertz CT molecular complexity index is 1560. The third-order valence-electron chi connectivity index (χ3n) is 7.14. The Kier molecular flexibility index (Phi) is 7.92. The first-order chi connectivity index (χ1) is 19.4. The summed E-state index contributed by atoms with van der Waals surface area (Å²) in [6.45, 7) is 5.06. The van der Waals surface area contributed by atoms with Crippen LogP contribution in [0.2, 0.25) is 0 Å². The summed E-state index contributed by atoms with van der Waals surface area (Å²) < 4.78 is 6.20. The van der Waals surface area contributed by atoms with Gasteiger partial charge < -0.3 is 20.1 Å². The van der Waals surface area contributed by atoms with E-state index < -0.39 is 5.54 Å². The molecule has 1 aromatic heterocycles. The molecule has 0 fully saturated rings. The first kappa shape index (κ1) is 27.1. The number of aliphatic hydroxyl groups excluding tert-OH is 1. The molecule has 0 atom stereocenters. The monoisotopic (exact) mass is 532 g/mol. The lowest BCUT2D eigenvalue weighted by molar-refractivity contribution is 0.0989. The largest absolute Gasteiger partial charge is 0.488 e. The van der Waals surface area contributed by atoms with Gasteiger partial charge in [0.1, 0.15) is 18.4 Å². The molecule has 2 N–H and O–H groups in total.